The van der Waals surface area contributed by atoms with Crippen LogP contribution < -0.4 is 0 Å². The number of aromatic nitrogens is 4. The average Bonchev–Trinajstić information content (AvgIpc) is 3.11. The van der Waals surface area contributed by atoms with Crippen molar-refractivity contribution in [2.24, 2.45) is 0 Å². The fourth-order valence-electron chi connectivity index (χ4n) is 2.52. The zero-order valence-electron chi connectivity index (χ0n) is 13.5. The van der Waals surface area contributed by atoms with Gasteiger partial charge in [0.05, 0.1) is 0 Å². The van der Waals surface area contributed by atoms with E-state index in [4.69, 9.17) is 0 Å². The van der Waals surface area contributed by atoms with E-state index in [9.17, 15) is 9.90 Å². The van der Waals surface area contributed by atoms with Gasteiger partial charge in [-0.25, -0.2) is 9.78 Å². The first-order chi connectivity index (χ1) is 11.6. The zero-order chi connectivity index (χ0) is 17.1. The van der Waals surface area contributed by atoms with Crippen molar-refractivity contribution in [1.29, 1.82) is 0 Å². The first-order valence-electron chi connectivity index (χ1n) is 7.70. The van der Waals surface area contributed by atoms with Crippen molar-refractivity contribution in [2.45, 2.75) is 31.8 Å². The molecule has 2 heterocycles. The fraction of sp³-hybridized carbons (Fsp3) is 0.235. The third-order valence-corrected chi connectivity index (χ3v) is 4.51. The molecular weight excluding hydrogens is 324 g/mol. The number of benzene rings is 1. The van der Waals surface area contributed by atoms with Crippen LogP contribution >= 0.6 is 11.8 Å². The van der Waals surface area contributed by atoms with Crippen LogP contribution in [-0.2, 0) is 11.2 Å². The van der Waals surface area contributed by atoms with E-state index in [0.29, 0.717) is 5.16 Å². The van der Waals surface area contributed by atoms with Gasteiger partial charge in [0.1, 0.15) is 10.7 Å². The van der Waals surface area contributed by atoms with Gasteiger partial charge in [-0.2, -0.15) is 0 Å². The van der Waals surface area contributed by atoms with E-state index in [1.165, 1.54) is 0 Å². The largest absolute Gasteiger partial charge is 0.477 e. The predicted molar refractivity (Wildman–Crippen MR) is 94.9 cm³/mol. The Morgan fingerprint density at radius 1 is 1.38 bits per heavy atom. The van der Waals surface area contributed by atoms with E-state index in [1.807, 2.05) is 31.2 Å². The molecule has 0 aliphatic carbocycles. The number of carbonyl (C=O) groups is 1. The summed E-state index contributed by atoms with van der Waals surface area (Å²) in [5.41, 5.74) is 2.79. The van der Waals surface area contributed by atoms with E-state index >= 15 is 0 Å². The van der Waals surface area contributed by atoms with Crippen LogP contribution in [0.5, 0.6) is 0 Å². The number of nitrogens with zero attached hydrogens (tertiary/aromatic N) is 2. The standard InChI is InChI=1S/C17H18N4O2S/c1-3-6-15-19-17(21-20-15)24-14(16(22)23)9-12-10(2)18-13-8-5-4-7-11(12)13/h4-5,7-9,18H,3,6H2,1-2H3,(H,22,23)(H,19,20,21)/b14-9-. The quantitative estimate of drug-likeness (QED) is 0.468. The Morgan fingerprint density at radius 3 is 2.92 bits per heavy atom. The summed E-state index contributed by atoms with van der Waals surface area (Å²) in [6, 6.07) is 7.83. The Kier molecular flexibility index (Phi) is 4.71. The minimum atomic E-state index is -0.994. The molecule has 7 heteroatoms. The van der Waals surface area contributed by atoms with Crippen molar-refractivity contribution in [2.75, 3.05) is 0 Å². The number of carboxylic acids is 1. The lowest BCUT2D eigenvalue weighted by Gasteiger charge is -2.00. The molecule has 0 aliphatic heterocycles. The van der Waals surface area contributed by atoms with Gasteiger partial charge in [-0.1, -0.05) is 25.1 Å². The molecule has 0 bridgehead atoms. The Balaban J connectivity index is 1.96. The molecule has 6 nitrogen and oxygen atoms in total. The molecule has 0 unspecified atom stereocenters. The van der Waals surface area contributed by atoms with Crippen LogP contribution in [-0.4, -0.2) is 31.2 Å². The van der Waals surface area contributed by atoms with E-state index in [-0.39, 0.29) is 4.91 Å². The van der Waals surface area contributed by atoms with Crippen LogP contribution in [0.1, 0.15) is 30.4 Å². The molecule has 0 saturated heterocycles. The molecule has 124 valence electrons. The number of hydrogen-bond acceptors (Lipinski definition) is 4. The van der Waals surface area contributed by atoms with Crippen molar-refractivity contribution < 1.29 is 9.90 Å². The second-order valence-electron chi connectivity index (χ2n) is 5.44. The lowest BCUT2D eigenvalue weighted by atomic mass is 10.1. The summed E-state index contributed by atoms with van der Waals surface area (Å²) < 4.78 is 0. The molecule has 2 aromatic heterocycles. The van der Waals surface area contributed by atoms with Crippen molar-refractivity contribution in [3.8, 4) is 0 Å². The number of aromatic amines is 2. The molecule has 0 fully saturated rings. The number of thioether (sulfide) groups is 1. The lowest BCUT2D eigenvalue weighted by molar-refractivity contribution is -0.131. The fourth-order valence-corrected chi connectivity index (χ4v) is 3.23. The smallest absolute Gasteiger partial charge is 0.342 e. The third-order valence-electron chi connectivity index (χ3n) is 3.63. The summed E-state index contributed by atoms with van der Waals surface area (Å²) in [5, 5.41) is 17.9. The number of para-hydroxylation sites is 1. The van der Waals surface area contributed by atoms with Crippen LogP contribution in [0.15, 0.2) is 34.3 Å². The summed E-state index contributed by atoms with van der Waals surface area (Å²) in [6.07, 6.45) is 3.42. The highest BCUT2D eigenvalue weighted by Crippen LogP contribution is 2.30. The van der Waals surface area contributed by atoms with Gasteiger partial charge in [0, 0.05) is 28.6 Å². The summed E-state index contributed by atoms with van der Waals surface area (Å²) in [6.45, 7) is 3.99. The first kappa shape index (κ1) is 16.3. The maximum Gasteiger partial charge on any atom is 0.342 e. The van der Waals surface area contributed by atoms with Gasteiger partial charge in [0.15, 0.2) is 0 Å². The van der Waals surface area contributed by atoms with Crippen molar-refractivity contribution >= 4 is 34.7 Å². The monoisotopic (exact) mass is 342 g/mol. The van der Waals surface area contributed by atoms with Gasteiger partial charge < -0.3 is 10.1 Å². The summed E-state index contributed by atoms with van der Waals surface area (Å²) in [5.74, 6) is -0.223. The van der Waals surface area contributed by atoms with Crippen LogP contribution in [0.25, 0.3) is 17.0 Å². The molecule has 24 heavy (non-hydrogen) atoms. The second-order valence-corrected chi connectivity index (χ2v) is 6.45. The van der Waals surface area contributed by atoms with Gasteiger partial charge >= 0.3 is 5.97 Å². The predicted octanol–water partition coefficient (Wildman–Crippen LogP) is 3.76. The molecule has 3 rings (SSSR count). The normalized spacial score (nSPS) is 12.0. The molecule has 0 spiro atoms. The highest BCUT2D eigenvalue weighted by atomic mass is 32.2. The molecular formula is C17H18N4O2S. The molecule has 0 saturated carbocycles. The number of rotatable bonds is 6. The van der Waals surface area contributed by atoms with Crippen LogP contribution in [0.3, 0.4) is 0 Å². The second kappa shape index (κ2) is 6.92. The molecule has 3 aromatic rings. The van der Waals surface area contributed by atoms with Crippen LogP contribution in [0.2, 0.25) is 0 Å². The number of aliphatic carboxylic acids is 1. The summed E-state index contributed by atoms with van der Waals surface area (Å²) in [4.78, 5) is 19.4. The van der Waals surface area contributed by atoms with Crippen LogP contribution in [0, 0.1) is 6.92 Å². The maximum absolute atomic E-state index is 11.6. The SMILES string of the molecule is CCCc1nc(S/C(=C\c2c(C)[nH]c3ccccc23)C(=O)O)n[nH]1. The van der Waals surface area contributed by atoms with Crippen molar-refractivity contribution in [3.63, 3.8) is 0 Å². The lowest BCUT2D eigenvalue weighted by Crippen LogP contribution is -1.97. The number of hydrogen-bond donors (Lipinski definition) is 3. The summed E-state index contributed by atoms with van der Waals surface area (Å²) >= 11 is 1.05. The average molecular weight is 342 g/mol. The number of carboxylic acid groups (broad SMARTS) is 1. The Bertz CT molecular complexity index is 910. The number of aryl methyl sites for hydroxylation is 2. The van der Waals surface area contributed by atoms with Gasteiger partial charge in [0.2, 0.25) is 5.16 Å². The van der Waals surface area contributed by atoms with E-state index in [0.717, 1.165) is 52.6 Å². The highest BCUT2D eigenvalue weighted by Gasteiger charge is 2.15. The molecule has 0 atom stereocenters. The molecule has 0 aliphatic rings. The Hall–Kier alpha value is -2.54. The topological polar surface area (TPSA) is 94.7 Å². The van der Waals surface area contributed by atoms with Crippen LogP contribution in [0.4, 0.5) is 0 Å². The van der Waals surface area contributed by atoms with Gasteiger partial charge in [-0.05, 0) is 37.2 Å². The summed E-state index contributed by atoms with van der Waals surface area (Å²) in [7, 11) is 0. The first-order valence-corrected chi connectivity index (χ1v) is 8.51. The molecule has 3 N–H and O–H groups in total. The molecule has 1 aromatic carbocycles. The van der Waals surface area contributed by atoms with Gasteiger partial charge in [-0.15, -0.1) is 5.10 Å². The minimum Gasteiger partial charge on any atom is -0.477 e. The molecule has 0 amide bonds. The van der Waals surface area contributed by atoms with E-state index in [2.05, 4.69) is 27.1 Å². The van der Waals surface area contributed by atoms with Gasteiger partial charge in [-0.3, -0.25) is 5.10 Å². The van der Waals surface area contributed by atoms with Crippen molar-refractivity contribution in [1.82, 2.24) is 20.2 Å². The Morgan fingerprint density at radius 2 is 2.17 bits per heavy atom. The van der Waals surface area contributed by atoms with Crippen molar-refractivity contribution in [3.05, 3.63) is 46.3 Å². The third kappa shape index (κ3) is 3.35. The van der Waals surface area contributed by atoms with E-state index < -0.39 is 5.97 Å². The number of H-pyrrole nitrogens is 2. The Labute approximate surface area is 143 Å². The molecule has 0 radical (unpaired) electrons. The number of nitrogens with one attached hydrogen (secondary N) is 2. The number of fused-ring (bicyclic) bond motifs is 1. The maximum atomic E-state index is 11.6. The minimum absolute atomic E-state index is 0.185. The van der Waals surface area contributed by atoms with E-state index in [1.54, 1.807) is 6.08 Å². The highest BCUT2D eigenvalue weighted by molar-refractivity contribution is 8.04. The zero-order valence-corrected chi connectivity index (χ0v) is 14.3. The van der Waals surface area contributed by atoms with Gasteiger partial charge in [0.25, 0.3) is 0 Å².